The van der Waals surface area contributed by atoms with Crippen LogP contribution in [-0.4, -0.2) is 46.8 Å². The molecule has 0 aliphatic rings. The van der Waals surface area contributed by atoms with Crippen LogP contribution in [0.4, 0.5) is 0 Å². The van der Waals surface area contributed by atoms with Crippen LogP contribution < -0.4 is 0 Å². The molecule has 0 bridgehead atoms. The zero-order chi connectivity index (χ0) is 6.50. The van der Waals surface area contributed by atoms with E-state index < -0.39 is 10.4 Å². The van der Waals surface area contributed by atoms with E-state index in [9.17, 15) is 0 Å². The second kappa shape index (κ2) is 4.90. The Labute approximate surface area is 57.3 Å². The van der Waals surface area contributed by atoms with Crippen molar-refractivity contribution < 1.29 is 20.6 Å². The van der Waals surface area contributed by atoms with Crippen molar-refractivity contribution in [2.45, 2.75) is 0 Å². The molecule has 5 nitrogen and oxygen atoms in total. The van der Waals surface area contributed by atoms with Gasteiger partial charge in [-0.3, -0.25) is 8.42 Å². The monoisotopic (exact) mass is 322 g/mol. The molecule has 1 N–H and O–H groups in total. The molecule has 0 radical (unpaired) electrons. The van der Waals surface area contributed by atoms with E-state index in [0.717, 1.165) is 0 Å². The van der Waals surface area contributed by atoms with Gasteiger partial charge in [-0.2, -0.15) is 0 Å². The third-order valence-electron chi connectivity index (χ3n) is 0. The summed E-state index contributed by atoms with van der Waals surface area (Å²) in [5, 5.41) is 0. The molecule has 42 valence electrons. The van der Waals surface area contributed by atoms with Crippen LogP contribution in [0.15, 0.2) is 0 Å². The Morgan fingerprint density at radius 1 is 1.29 bits per heavy atom. The first-order valence-corrected chi connectivity index (χ1v) is 4.27. The quantitative estimate of drug-likeness (QED) is 0.301. The first-order chi connectivity index (χ1) is 3.00. The average molecular weight is 321 g/mol. The Kier molecular flexibility index (Phi) is 7.48. The fourth-order valence-electron chi connectivity index (χ4n) is 0. The molecule has 0 aromatic rings. The van der Waals surface area contributed by atoms with E-state index >= 15 is 0 Å². The first-order valence-electron chi connectivity index (χ1n) is 0.925. The molecule has 0 atom stereocenters. The molecule has 0 aliphatic carbocycles. The summed E-state index contributed by atoms with van der Waals surface area (Å²) in [5.41, 5.74) is 0. The molecule has 0 heterocycles. The minimum absolute atomic E-state index is 0.167. The van der Waals surface area contributed by atoms with Gasteiger partial charge in [0.05, 0.1) is 0 Å². The fraction of sp³-hybridized carbons (Fsp3) is 0. The van der Waals surface area contributed by atoms with Crippen LogP contribution in [0.25, 0.3) is 0 Å². The molecule has 0 spiro atoms. The van der Waals surface area contributed by atoms with Gasteiger partial charge in [0.25, 0.3) is 0 Å². The molecular formula is H2O5PbS. The van der Waals surface area contributed by atoms with Crippen LogP contribution >= 0.6 is 0 Å². The Bertz CT molecular complexity index is 91.2. The number of hydrogen-bond acceptors (Lipinski definition) is 5. The predicted molar refractivity (Wildman–Crippen MR) is 19.8 cm³/mol. The molecule has 7 heteroatoms. The van der Waals surface area contributed by atoms with Crippen molar-refractivity contribution in [1.82, 2.24) is 0 Å². The minimum atomic E-state index is -5.17. The Hall–Kier alpha value is 0.752. The fourth-order valence-corrected chi connectivity index (χ4v) is 0. The van der Waals surface area contributed by atoms with Gasteiger partial charge in [0, 0.05) is 10.4 Å². The van der Waals surface area contributed by atoms with Crippen LogP contribution in [0.1, 0.15) is 0 Å². The molecule has 0 unspecified atom stereocenters. The molecule has 0 saturated heterocycles. The van der Waals surface area contributed by atoms with Gasteiger partial charge in [0.2, 0.25) is 0 Å². The van der Waals surface area contributed by atoms with Gasteiger partial charge in [-0.25, -0.2) is 0 Å². The van der Waals surface area contributed by atoms with Crippen molar-refractivity contribution in [3.63, 3.8) is 0 Å². The predicted octanol–water partition coefficient (Wildman–Crippen LogP) is -2.54. The van der Waals surface area contributed by atoms with Crippen molar-refractivity contribution in [2.75, 3.05) is 0 Å². The van der Waals surface area contributed by atoms with E-state index in [2.05, 4.69) is 0 Å². The maximum absolute atomic E-state index is 8.52. The van der Waals surface area contributed by atoms with Crippen molar-refractivity contribution in [3.8, 4) is 0 Å². The molecule has 0 aromatic heterocycles. The van der Waals surface area contributed by atoms with Crippen molar-refractivity contribution in [1.29, 1.82) is 0 Å². The normalized spacial score (nSPS) is 8.86. The van der Waals surface area contributed by atoms with Gasteiger partial charge in [-0.1, -0.05) is 0 Å². The van der Waals surface area contributed by atoms with Crippen molar-refractivity contribution in [2.24, 2.45) is 0 Å². The van der Waals surface area contributed by atoms with Gasteiger partial charge >= 0.3 is 29.3 Å². The Morgan fingerprint density at radius 3 is 1.29 bits per heavy atom. The molecule has 7 heavy (non-hydrogen) atoms. The summed E-state index contributed by atoms with van der Waals surface area (Å²) in [6.07, 6.45) is 0. The molecule has 0 fully saturated rings. The number of hydrogen-bond donors (Lipinski definition) is 1. The van der Waals surface area contributed by atoms with Gasteiger partial charge < -0.3 is 9.11 Å². The summed E-state index contributed by atoms with van der Waals surface area (Å²) in [4.78, 5) is 0. The average Bonchev–Trinajstić information content (AvgIpc) is 1.36. The van der Waals surface area contributed by atoms with Crippen LogP contribution in [0.3, 0.4) is 0 Å². The zero-order valence-electron chi connectivity index (χ0n) is 3.07. The van der Waals surface area contributed by atoms with Gasteiger partial charge in [0.1, 0.15) is 0 Å². The second-order valence-corrected chi connectivity index (χ2v) is 1.22. The third kappa shape index (κ3) is 270. The van der Waals surface area contributed by atoms with E-state index in [1.54, 1.807) is 0 Å². The summed E-state index contributed by atoms with van der Waals surface area (Å²) in [7, 11) is -5.17. The SMILES string of the molecule is O=S(=O)([O-])[O-].[OH][PbH+2]. The summed E-state index contributed by atoms with van der Waals surface area (Å²) in [6, 6.07) is 0. The first kappa shape index (κ1) is 10.7. The van der Waals surface area contributed by atoms with Crippen LogP contribution in [0, 0.1) is 0 Å². The Morgan fingerprint density at radius 2 is 1.29 bits per heavy atom. The molecule has 0 aliphatic heterocycles. The summed E-state index contributed by atoms with van der Waals surface area (Å²) >= 11 is 0.167. The summed E-state index contributed by atoms with van der Waals surface area (Å²) in [5.74, 6) is 0. The van der Waals surface area contributed by atoms with Crippen LogP contribution in [0.5, 0.6) is 0 Å². The van der Waals surface area contributed by atoms with Crippen LogP contribution in [0.2, 0.25) is 0 Å². The standard InChI is InChI=1S/H2O4S.H2O.Pb.H/c1-5(2,3)4;;;/h(H2,1,2,3,4);1H2;;/q;;+3;/p-3. The molecule has 0 amide bonds. The van der Waals surface area contributed by atoms with E-state index in [1.165, 1.54) is 0 Å². The van der Waals surface area contributed by atoms with Gasteiger partial charge in [0.15, 0.2) is 0 Å². The topological polar surface area (TPSA) is 100 Å². The zero-order valence-corrected chi connectivity index (χ0v) is 8.37. The Balaban J connectivity index is 0. The maximum atomic E-state index is 8.52. The molecule has 0 rings (SSSR count). The van der Waals surface area contributed by atoms with Gasteiger partial charge in [-0.15, -0.1) is 0 Å². The molecule has 0 saturated carbocycles. The summed E-state index contributed by atoms with van der Waals surface area (Å²) in [6.45, 7) is 0. The van der Waals surface area contributed by atoms with E-state index in [-0.39, 0.29) is 26.2 Å². The van der Waals surface area contributed by atoms with E-state index in [0.29, 0.717) is 0 Å². The van der Waals surface area contributed by atoms with E-state index in [1.807, 2.05) is 0 Å². The molecular weight excluding hydrogens is 319 g/mol. The molecule has 0 aromatic carbocycles. The van der Waals surface area contributed by atoms with Crippen molar-refractivity contribution in [3.05, 3.63) is 0 Å². The van der Waals surface area contributed by atoms with Gasteiger partial charge in [-0.05, 0) is 0 Å². The summed E-state index contributed by atoms with van der Waals surface area (Å²) < 4.78 is 41.2. The third-order valence-corrected chi connectivity index (χ3v) is 0. The number of rotatable bonds is 0. The van der Waals surface area contributed by atoms with E-state index in [4.69, 9.17) is 20.6 Å². The second-order valence-electron chi connectivity index (χ2n) is 0.408. The van der Waals surface area contributed by atoms with Crippen LogP contribution in [-0.2, 0) is 10.4 Å². The van der Waals surface area contributed by atoms with Crippen molar-refractivity contribution >= 4 is 36.6 Å².